The molecule has 1 N–H and O–H groups in total. The fourth-order valence-corrected chi connectivity index (χ4v) is 3.33. The van der Waals surface area contributed by atoms with Gasteiger partial charge in [-0.15, -0.1) is 0 Å². The van der Waals surface area contributed by atoms with E-state index in [1.807, 2.05) is 30.3 Å². The van der Waals surface area contributed by atoms with Crippen LogP contribution in [0.15, 0.2) is 36.5 Å². The molecule has 0 unspecified atom stereocenters. The molecule has 136 valence electrons. The lowest BCUT2D eigenvalue weighted by Crippen LogP contribution is -2.33. The Kier molecular flexibility index (Phi) is 4.65. The van der Waals surface area contributed by atoms with Crippen LogP contribution in [0.5, 0.6) is 11.5 Å². The second-order valence-corrected chi connectivity index (χ2v) is 6.94. The van der Waals surface area contributed by atoms with E-state index in [1.54, 1.807) is 6.20 Å². The topological polar surface area (TPSA) is 63.7 Å². The number of pyridine rings is 1. The summed E-state index contributed by atoms with van der Waals surface area (Å²) in [6.07, 6.45) is 4.09. The molecular formula is C20H23N3O3. The van der Waals surface area contributed by atoms with Crippen molar-refractivity contribution in [3.63, 3.8) is 0 Å². The second kappa shape index (κ2) is 7.23. The third-order valence-electron chi connectivity index (χ3n) is 5.01. The highest BCUT2D eigenvalue weighted by Crippen LogP contribution is 2.32. The zero-order valence-electron chi connectivity index (χ0n) is 14.9. The van der Waals surface area contributed by atoms with Crippen LogP contribution < -0.4 is 19.7 Å². The number of anilines is 1. The van der Waals surface area contributed by atoms with Gasteiger partial charge in [-0.1, -0.05) is 13.0 Å². The molecule has 2 aliphatic heterocycles. The number of amides is 1. The second-order valence-electron chi connectivity index (χ2n) is 6.94. The van der Waals surface area contributed by atoms with Gasteiger partial charge in [0.1, 0.15) is 5.69 Å². The summed E-state index contributed by atoms with van der Waals surface area (Å²) >= 11 is 0. The van der Waals surface area contributed by atoms with E-state index < -0.39 is 0 Å². The first-order valence-electron chi connectivity index (χ1n) is 9.07. The number of hydrogen-bond donors (Lipinski definition) is 1. The fraction of sp³-hybridized carbons (Fsp3) is 0.400. The van der Waals surface area contributed by atoms with E-state index in [1.165, 1.54) is 12.8 Å². The summed E-state index contributed by atoms with van der Waals surface area (Å²) in [6, 6.07) is 9.53. The summed E-state index contributed by atoms with van der Waals surface area (Å²) in [4.78, 5) is 19.1. The average molecular weight is 353 g/mol. The van der Waals surface area contributed by atoms with Crippen molar-refractivity contribution in [2.45, 2.75) is 26.3 Å². The van der Waals surface area contributed by atoms with E-state index in [0.29, 0.717) is 12.2 Å². The lowest BCUT2D eigenvalue weighted by atomic mass is 9.99. The molecule has 4 rings (SSSR count). The molecule has 1 aromatic heterocycles. The van der Waals surface area contributed by atoms with Crippen molar-refractivity contribution in [1.82, 2.24) is 10.3 Å². The van der Waals surface area contributed by atoms with E-state index in [-0.39, 0.29) is 12.7 Å². The summed E-state index contributed by atoms with van der Waals surface area (Å²) in [5, 5.41) is 2.93. The maximum atomic E-state index is 12.5. The van der Waals surface area contributed by atoms with Crippen LogP contribution in [0.25, 0.3) is 0 Å². The van der Waals surface area contributed by atoms with E-state index in [9.17, 15) is 4.79 Å². The van der Waals surface area contributed by atoms with Crippen molar-refractivity contribution in [1.29, 1.82) is 0 Å². The van der Waals surface area contributed by atoms with Crippen molar-refractivity contribution < 1.29 is 14.3 Å². The van der Waals surface area contributed by atoms with E-state index >= 15 is 0 Å². The quantitative estimate of drug-likeness (QED) is 0.915. The number of benzene rings is 1. The van der Waals surface area contributed by atoms with Crippen LogP contribution in [0.2, 0.25) is 0 Å². The van der Waals surface area contributed by atoms with Crippen LogP contribution in [0, 0.1) is 5.92 Å². The highest BCUT2D eigenvalue weighted by atomic mass is 16.7. The van der Waals surface area contributed by atoms with Crippen LogP contribution in [0.3, 0.4) is 0 Å². The molecule has 1 saturated heterocycles. The minimum absolute atomic E-state index is 0.171. The Morgan fingerprint density at radius 2 is 2.00 bits per heavy atom. The lowest BCUT2D eigenvalue weighted by molar-refractivity contribution is 0.0946. The van der Waals surface area contributed by atoms with Gasteiger partial charge in [0.15, 0.2) is 11.5 Å². The van der Waals surface area contributed by atoms with Crippen LogP contribution in [-0.2, 0) is 6.54 Å². The van der Waals surface area contributed by atoms with Crippen molar-refractivity contribution in [3.05, 3.63) is 47.8 Å². The Hall–Kier alpha value is -2.76. The molecule has 0 radical (unpaired) electrons. The molecule has 3 heterocycles. The first kappa shape index (κ1) is 16.7. The van der Waals surface area contributed by atoms with E-state index in [2.05, 4.69) is 22.1 Å². The molecular weight excluding hydrogens is 330 g/mol. The van der Waals surface area contributed by atoms with Gasteiger partial charge in [0, 0.05) is 31.5 Å². The first-order chi connectivity index (χ1) is 12.7. The molecule has 6 heteroatoms. The molecule has 1 fully saturated rings. The minimum Gasteiger partial charge on any atom is -0.454 e. The summed E-state index contributed by atoms with van der Waals surface area (Å²) in [7, 11) is 0. The predicted molar refractivity (Wildman–Crippen MR) is 98.6 cm³/mol. The lowest BCUT2D eigenvalue weighted by Gasteiger charge is -2.32. The molecule has 26 heavy (non-hydrogen) atoms. The van der Waals surface area contributed by atoms with Gasteiger partial charge in [0.05, 0.1) is 0 Å². The maximum absolute atomic E-state index is 12.5. The monoisotopic (exact) mass is 353 g/mol. The number of rotatable bonds is 4. The van der Waals surface area contributed by atoms with Gasteiger partial charge in [0.25, 0.3) is 5.91 Å². The largest absolute Gasteiger partial charge is 0.454 e. The number of carbonyl (C=O) groups excluding carboxylic acids is 1. The fourth-order valence-electron chi connectivity index (χ4n) is 3.33. The zero-order valence-corrected chi connectivity index (χ0v) is 14.9. The van der Waals surface area contributed by atoms with Gasteiger partial charge in [-0.25, -0.2) is 0 Å². The summed E-state index contributed by atoms with van der Waals surface area (Å²) in [5.74, 6) is 2.06. The predicted octanol–water partition coefficient (Wildman–Crippen LogP) is 2.98. The van der Waals surface area contributed by atoms with Gasteiger partial charge >= 0.3 is 0 Å². The Morgan fingerprint density at radius 3 is 2.85 bits per heavy atom. The first-order valence-corrected chi connectivity index (χ1v) is 9.07. The maximum Gasteiger partial charge on any atom is 0.270 e. The molecule has 2 aromatic rings. The van der Waals surface area contributed by atoms with Gasteiger partial charge < -0.3 is 19.7 Å². The van der Waals surface area contributed by atoms with Crippen LogP contribution in [0.1, 0.15) is 35.8 Å². The number of carbonyl (C=O) groups is 1. The normalized spacial score (nSPS) is 16.6. The molecule has 0 aliphatic carbocycles. The Morgan fingerprint density at radius 1 is 1.19 bits per heavy atom. The third kappa shape index (κ3) is 3.59. The van der Waals surface area contributed by atoms with Gasteiger partial charge in [-0.2, -0.15) is 0 Å². The molecule has 1 amide bonds. The number of ether oxygens (including phenoxy) is 2. The smallest absolute Gasteiger partial charge is 0.270 e. The standard InChI is InChI=1S/C20H23N3O3/c1-14-5-8-23(9-6-14)16-4-7-21-17(11-16)20(24)22-12-15-2-3-18-19(10-15)26-13-25-18/h2-4,7,10-11,14H,5-6,8-9,12-13H2,1H3,(H,22,24). The van der Waals surface area contributed by atoms with Gasteiger partial charge in [-0.3, -0.25) is 9.78 Å². The Balaban J connectivity index is 1.39. The van der Waals surface area contributed by atoms with Crippen LogP contribution in [0.4, 0.5) is 5.69 Å². The molecule has 2 aliphatic rings. The number of aromatic nitrogens is 1. The van der Waals surface area contributed by atoms with E-state index in [4.69, 9.17) is 9.47 Å². The SMILES string of the molecule is CC1CCN(c2ccnc(C(=O)NCc3ccc4c(c3)OCO4)c2)CC1. The summed E-state index contributed by atoms with van der Waals surface area (Å²) in [5.41, 5.74) is 2.48. The van der Waals surface area contributed by atoms with Crippen molar-refractivity contribution in [2.75, 3.05) is 24.8 Å². The highest BCUT2D eigenvalue weighted by molar-refractivity contribution is 5.93. The number of piperidine rings is 1. The van der Waals surface area contributed by atoms with Crippen LogP contribution in [-0.4, -0.2) is 30.8 Å². The summed E-state index contributed by atoms with van der Waals surface area (Å²) < 4.78 is 10.7. The van der Waals surface area contributed by atoms with Gasteiger partial charge in [0.2, 0.25) is 6.79 Å². The number of nitrogens with zero attached hydrogens (tertiary/aromatic N) is 2. The van der Waals surface area contributed by atoms with Crippen molar-refractivity contribution in [3.8, 4) is 11.5 Å². The molecule has 1 aromatic carbocycles. The van der Waals surface area contributed by atoms with E-state index in [0.717, 1.165) is 41.8 Å². The molecule has 0 saturated carbocycles. The van der Waals surface area contributed by atoms with Crippen molar-refractivity contribution in [2.24, 2.45) is 5.92 Å². The molecule has 0 spiro atoms. The van der Waals surface area contributed by atoms with Crippen LogP contribution >= 0.6 is 0 Å². The average Bonchev–Trinajstić information content (AvgIpc) is 3.14. The third-order valence-corrected chi connectivity index (χ3v) is 5.01. The molecule has 0 bridgehead atoms. The minimum atomic E-state index is -0.171. The number of nitrogens with one attached hydrogen (secondary N) is 1. The Labute approximate surface area is 153 Å². The van der Waals surface area contributed by atoms with Crippen molar-refractivity contribution >= 4 is 11.6 Å². The zero-order chi connectivity index (χ0) is 17.9. The molecule has 0 atom stereocenters. The summed E-state index contributed by atoms with van der Waals surface area (Å²) in [6.45, 7) is 5.02. The highest BCUT2D eigenvalue weighted by Gasteiger charge is 2.18. The number of fused-ring (bicyclic) bond motifs is 1. The van der Waals surface area contributed by atoms with Gasteiger partial charge in [-0.05, 0) is 48.6 Å². The Bertz CT molecular complexity index is 801. The number of hydrogen-bond acceptors (Lipinski definition) is 5. The molecule has 6 nitrogen and oxygen atoms in total.